The maximum atomic E-state index is 5.20. The first-order valence-electron chi connectivity index (χ1n) is 5.95. The molecule has 1 aliphatic heterocycles. The van der Waals surface area contributed by atoms with Crippen LogP contribution in [0.1, 0.15) is 18.4 Å². The van der Waals surface area contributed by atoms with Gasteiger partial charge < -0.3 is 10.5 Å². The molecule has 0 atom stereocenters. The fraction of sp³-hybridized carbons (Fsp3) is 0.462. The van der Waals surface area contributed by atoms with Gasteiger partial charge in [0, 0.05) is 6.54 Å². The van der Waals surface area contributed by atoms with E-state index in [4.69, 9.17) is 10.5 Å². The van der Waals surface area contributed by atoms with Crippen LogP contribution in [0.25, 0.3) is 0 Å². The van der Waals surface area contributed by atoms with Crippen molar-refractivity contribution in [3.8, 4) is 5.75 Å². The van der Waals surface area contributed by atoms with E-state index in [1.807, 2.05) is 6.07 Å². The summed E-state index contributed by atoms with van der Waals surface area (Å²) in [5.74, 6) is 0.960. The van der Waals surface area contributed by atoms with Gasteiger partial charge in [-0.2, -0.15) is 0 Å². The van der Waals surface area contributed by atoms with Gasteiger partial charge >= 0.3 is 0 Å². The summed E-state index contributed by atoms with van der Waals surface area (Å²) < 4.78 is 5.40. The molecule has 0 saturated carbocycles. The molecule has 2 rings (SSSR count). The first-order valence-corrected chi connectivity index (χ1v) is 6.81. The van der Waals surface area contributed by atoms with Crippen molar-refractivity contribution >= 4 is 29.2 Å². The largest absolute Gasteiger partial charge is 0.497 e. The SMILES string of the molecule is COc1cccc(CN2CCCC2)c1.NC(=S)S. The second-order valence-electron chi connectivity index (χ2n) is 4.17. The lowest BCUT2D eigenvalue weighted by Gasteiger charge is -2.14. The van der Waals surface area contributed by atoms with Crippen molar-refractivity contribution < 1.29 is 4.74 Å². The van der Waals surface area contributed by atoms with Crippen molar-refractivity contribution in [2.75, 3.05) is 20.2 Å². The molecule has 3 nitrogen and oxygen atoms in total. The minimum absolute atomic E-state index is 0.194. The van der Waals surface area contributed by atoms with E-state index in [-0.39, 0.29) is 4.32 Å². The number of hydrogen-bond donors (Lipinski definition) is 2. The van der Waals surface area contributed by atoms with E-state index in [2.05, 4.69) is 47.9 Å². The summed E-state index contributed by atoms with van der Waals surface area (Å²) in [7, 11) is 1.72. The number of benzene rings is 1. The Labute approximate surface area is 120 Å². The Kier molecular flexibility index (Phi) is 7.08. The van der Waals surface area contributed by atoms with Crippen LogP contribution in [-0.4, -0.2) is 29.4 Å². The highest BCUT2D eigenvalue weighted by atomic mass is 32.1. The maximum Gasteiger partial charge on any atom is 0.128 e. The maximum absolute atomic E-state index is 5.20. The van der Waals surface area contributed by atoms with Crippen LogP contribution in [0.2, 0.25) is 0 Å². The summed E-state index contributed by atoms with van der Waals surface area (Å²) in [5, 5.41) is 0. The minimum Gasteiger partial charge on any atom is -0.497 e. The van der Waals surface area contributed by atoms with Crippen LogP contribution >= 0.6 is 24.8 Å². The van der Waals surface area contributed by atoms with Gasteiger partial charge in [0.25, 0.3) is 0 Å². The highest BCUT2D eigenvalue weighted by Gasteiger charge is 2.11. The lowest BCUT2D eigenvalue weighted by Crippen LogP contribution is -2.18. The highest BCUT2D eigenvalue weighted by molar-refractivity contribution is 8.10. The van der Waals surface area contributed by atoms with Gasteiger partial charge in [-0.05, 0) is 43.6 Å². The molecule has 1 heterocycles. The van der Waals surface area contributed by atoms with Crippen LogP contribution in [-0.2, 0) is 6.54 Å². The molecule has 1 fully saturated rings. The van der Waals surface area contributed by atoms with Gasteiger partial charge in [-0.3, -0.25) is 4.90 Å². The summed E-state index contributed by atoms with van der Waals surface area (Å²) in [5.41, 5.74) is 6.06. The molecular formula is C13H20N2OS2. The van der Waals surface area contributed by atoms with Crippen molar-refractivity contribution in [2.45, 2.75) is 19.4 Å². The monoisotopic (exact) mass is 284 g/mol. The van der Waals surface area contributed by atoms with E-state index in [0.29, 0.717) is 0 Å². The van der Waals surface area contributed by atoms with Crippen LogP contribution in [0.5, 0.6) is 5.75 Å². The van der Waals surface area contributed by atoms with Crippen LogP contribution in [0.15, 0.2) is 24.3 Å². The van der Waals surface area contributed by atoms with Gasteiger partial charge in [-0.15, -0.1) is 12.6 Å². The zero-order chi connectivity index (χ0) is 13.4. The Morgan fingerprint density at radius 3 is 2.61 bits per heavy atom. The third kappa shape index (κ3) is 6.23. The molecule has 0 radical (unpaired) electrons. The number of methoxy groups -OCH3 is 1. The molecule has 1 aromatic rings. The highest BCUT2D eigenvalue weighted by Crippen LogP contribution is 2.16. The van der Waals surface area contributed by atoms with Crippen molar-refractivity contribution in [1.82, 2.24) is 4.90 Å². The van der Waals surface area contributed by atoms with Gasteiger partial charge in [0.1, 0.15) is 10.1 Å². The topological polar surface area (TPSA) is 38.5 Å². The van der Waals surface area contributed by atoms with E-state index in [0.717, 1.165) is 12.3 Å². The van der Waals surface area contributed by atoms with Crippen LogP contribution in [0, 0.1) is 0 Å². The molecule has 0 aromatic heterocycles. The number of ether oxygens (including phenoxy) is 1. The molecule has 5 heteroatoms. The fourth-order valence-electron chi connectivity index (χ4n) is 1.97. The van der Waals surface area contributed by atoms with Crippen molar-refractivity contribution in [2.24, 2.45) is 5.73 Å². The van der Waals surface area contributed by atoms with Crippen LogP contribution in [0.4, 0.5) is 0 Å². The number of nitrogens with zero attached hydrogens (tertiary/aromatic N) is 1. The molecule has 0 spiro atoms. The van der Waals surface area contributed by atoms with Crippen LogP contribution < -0.4 is 10.5 Å². The summed E-state index contributed by atoms with van der Waals surface area (Å²) in [4.78, 5) is 2.49. The molecule has 100 valence electrons. The van der Waals surface area contributed by atoms with E-state index < -0.39 is 0 Å². The first kappa shape index (κ1) is 15.3. The zero-order valence-electron chi connectivity index (χ0n) is 10.6. The molecule has 0 amide bonds. The quantitative estimate of drug-likeness (QED) is 0.660. The molecule has 0 aliphatic carbocycles. The molecule has 0 unspecified atom stereocenters. The smallest absolute Gasteiger partial charge is 0.128 e. The first-order chi connectivity index (χ1) is 8.61. The number of hydrogen-bond acceptors (Lipinski definition) is 3. The third-order valence-corrected chi connectivity index (χ3v) is 2.74. The Morgan fingerprint density at radius 1 is 1.44 bits per heavy atom. The predicted molar refractivity (Wildman–Crippen MR) is 83.3 cm³/mol. The Morgan fingerprint density at radius 2 is 2.06 bits per heavy atom. The Bertz CT molecular complexity index is 375. The van der Waals surface area contributed by atoms with Crippen molar-refractivity contribution in [1.29, 1.82) is 0 Å². The summed E-state index contributed by atoms with van der Waals surface area (Å²) in [6, 6.07) is 8.34. The number of thiol groups is 1. The molecule has 18 heavy (non-hydrogen) atoms. The van der Waals surface area contributed by atoms with Crippen molar-refractivity contribution in [3.63, 3.8) is 0 Å². The van der Waals surface area contributed by atoms with Gasteiger partial charge in [0.05, 0.1) is 7.11 Å². The second-order valence-corrected chi connectivity index (χ2v) is 5.40. The fourth-order valence-corrected chi connectivity index (χ4v) is 1.97. The summed E-state index contributed by atoms with van der Waals surface area (Å²) in [6.07, 6.45) is 2.70. The number of rotatable bonds is 3. The van der Waals surface area contributed by atoms with E-state index in [1.54, 1.807) is 7.11 Å². The Hall–Kier alpha value is -0.780. The normalized spacial score (nSPS) is 14.8. The molecular weight excluding hydrogens is 264 g/mol. The molecule has 1 aromatic carbocycles. The summed E-state index contributed by atoms with van der Waals surface area (Å²) in [6.45, 7) is 3.56. The summed E-state index contributed by atoms with van der Waals surface area (Å²) >= 11 is 7.65. The number of thiocarbonyl (C=S) groups is 1. The minimum atomic E-state index is 0.194. The molecule has 0 bridgehead atoms. The van der Waals surface area contributed by atoms with Gasteiger partial charge in [0.15, 0.2) is 0 Å². The van der Waals surface area contributed by atoms with Crippen molar-refractivity contribution in [3.05, 3.63) is 29.8 Å². The lowest BCUT2D eigenvalue weighted by molar-refractivity contribution is 0.330. The van der Waals surface area contributed by atoms with Gasteiger partial charge in [-0.25, -0.2) is 0 Å². The predicted octanol–water partition coefficient (Wildman–Crippen LogP) is 2.45. The van der Waals surface area contributed by atoms with E-state index in [1.165, 1.54) is 31.5 Å². The van der Waals surface area contributed by atoms with Crippen LogP contribution in [0.3, 0.4) is 0 Å². The van der Waals surface area contributed by atoms with Gasteiger partial charge in [-0.1, -0.05) is 24.4 Å². The molecule has 1 saturated heterocycles. The third-order valence-electron chi connectivity index (χ3n) is 2.74. The van der Waals surface area contributed by atoms with Gasteiger partial charge in [0.2, 0.25) is 0 Å². The Balaban J connectivity index is 0.000000357. The standard InChI is InChI=1S/C12H17NO.CH3NS2/c1-14-12-6-4-5-11(9-12)10-13-7-2-3-8-13;2-1(3)4/h4-6,9H,2-3,7-8,10H2,1H3;(H3,2,3,4). The number of nitrogens with two attached hydrogens (primary N) is 1. The molecule has 1 aliphatic rings. The average molecular weight is 284 g/mol. The number of likely N-dealkylation sites (tertiary alicyclic amines) is 1. The average Bonchev–Trinajstić information content (AvgIpc) is 2.81. The zero-order valence-corrected chi connectivity index (χ0v) is 12.3. The van der Waals surface area contributed by atoms with E-state index in [9.17, 15) is 0 Å². The lowest BCUT2D eigenvalue weighted by atomic mass is 10.2. The van der Waals surface area contributed by atoms with E-state index >= 15 is 0 Å². The molecule has 2 N–H and O–H groups in total. The second kappa shape index (κ2) is 8.34.